The number of halogens is 3. The first-order chi connectivity index (χ1) is 17.2. The Morgan fingerprint density at radius 2 is 1.86 bits per heavy atom. The van der Waals surface area contributed by atoms with E-state index in [1.54, 1.807) is 24.3 Å². The molecule has 2 amide bonds. The third-order valence-corrected chi connectivity index (χ3v) is 4.77. The first-order valence-electron chi connectivity index (χ1n) is 10.3. The molecule has 184 valence electrons. The molecule has 0 saturated heterocycles. The molecule has 36 heavy (non-hydrogen) atoms. The van der Waals surface area contributed by atoms with E-state index >= 15 is 0 Å². The Bertz CT molecular complexity index is 1370. The van der Waals surface area contributed by atoms with E-state index < -0.39 is 23.9 Å². The second-order valence-electron chi connectivity index (χ2n) is 7.40. The van der Waals surface area contributed by atoms with Crippen molar-refractivity contribution in [1.29, 1.82) is 0 Å². The number of aromatic amines is 1. The Balaban J connectivity index is 1.45. The van der Waals surface area contributed by atoms with E-state index in [9.17, 15) is 22.8 Å². The zero-order valence-corrected chi connectivity index (χ0v) is 18.3. The van der Waals surface area contributed by atoms with Crippen LogP contribution in [-0.2, 0) is 11.2 Å². The third kappa shape index (κ3) is 6.14. The lowest BCUT2D eigenvalue weighted by molar-refractivity contribution is -0.274. The first-order valence-corrected chi connectivity index (χ1v) is 10.3. The molecular formula is C23H18F3N7O3. The second-order valence-corrected chi connectivity index (χ2v) is 7.40. The van der Waals surface area contributed by atoms with Gasteiger partial charge in [0.2, 0.25) is 5.91 Å². The standard InChI is InChI=1S/C23H18F3N7O3/c24-23(25,26)36-16-3-1-2-13(10-16)11-18(34)30-15-6-4-14(5-7-15)20-19(21(27)35)22(33-32-20)31-17-12-28-8-9-29-17/h1-10,12H,11H2,(H2,27,35)(H,30,34)(H2,29,31,32,33). The summed E-state index contributed by atoms with van der Waals surface area (Å²) in [6, 6.07) is 11.6. The van der Waals surface area contributed by atoms with Crippen LogP contribution in [0.4, 0.5) is 30.5 Å². The topological polar surface area (TPSA) is 148 Å². The number of ether oxygens (including phenoxy) is 1. The fraction of sp³-hybridized carbons (Fsp3) is 0.0870. The van der Waals surface area contributed by atoms with Crippen LogP contribution in [0.25, 0.3) is 11.3 Å². The number of carbonyl (C=O) groups excluding carboxylic acids is 2. The van der Waals surface area contributed by atoms with Gasteiger partial charge in [0, 0.05) is 23.6 Å². The van der Waals surface area contributed by atoms with Crippen molar-refractivity contribution in [1.82, 2.24) is 20.2 Å². The zero-order chi connectivity index (χ0) is 25.7. The Morgan fingerprint density at radius 1 is 1.08 bits per heavy atom. The number of nitrogens with two attached hydrogens (primary N) is 1. The maximum absolute atomic E-state index is 12.4. The largest absolute Gasteiger partial charge is 0.573 e. The molecular weight excluding hydrogens is 479 g/mol. The lowest BCUT2D eigenvalue weighted by Gasteiger charge is -2.10. The third-order valence-electron chi connectivity index (χ3n) is 4.77. The van der Waals surface area contributed by atoms with Gasteiger partial charge in [-0.05, 0) is 29.8 Å². The minimum absolute atomic E-state index is 0.110. The number of anilines is 3. The van der Waals surface area contributed by atoms with Crippen LogP contribution in [0.3, 0.4) is 0 Å². The van der Waals surface area contributed by atoms with Gasteiger partial charge in [-0.1, -0.05) is 24.3 Å². The highest BCUT2D eigenvalue weighted by Gasteiger charge is 2.31. The van der Waals surface area contributed by atoms with Crippen LogP contribution in [0, 0.1) is 0 Å². The van der Waals surface area contributed by atoms with Gasteiger partial charge in [0.1, 0.15) is 28.6 Å². The summed E-state index contributed by atoms with van der Waals surface area (Å²) in [4.78, 5) is 32.5. The summed E-state index contributed by atoms with van der Waals surface area (Å²) in [5.41, 5.74) is 7.28. The average molecular weight is 497 g/mol. The number of hydrogen-bond acceptors (Lipinski definition) is 7. The molecule has 0 fully saturated rings. The maximum atomic E-state index is 12.4. The minimum Gasteiger partial charge on any atom is -0.406 e. The van der Waals surface area contributed by atoms with Crippen molar-refractivity contribution in [2.75, 3.05) is 10.6 Å². The van der Waals surface area contributed by atoms with Crippen molar-refractivity contribution in [3.63, 3.8) is 0 Å². The highest BCUT2D eigenvalue weighted by molar-refractivity contribution is 6.04. The molecule has 13 heteroatoms. The van der Waals surface area contributed by atoms with E-state index in [0.29, 0.717) is 22.6 Å². The van der Waals surface area contributed by atoms with Crippen LogP contribution in [0.2, 0.25) is 0 Å². The smallest absolute Gasteiger partial charge is 0.406 e. The van der Waals surface area contributed by atoms with Gasteiger partial charge < -0.3 is 21.1 Å². The molecule has 0 spiro atoms. The predicted molar refractivity (Wildman–Crippen MR) is 123 cm³/mol. The van der Waals surface area contributed by atoms with Gasteiger partial charge in [-0.3, -0.25) is 19.7 Å². The zero-order valence-electron chi connectivity index (χ0n) is 18.3. The van der Waals surface area contributed by atoms with Crippen LogP contribution < -0.4 is 21.1 Å². The van der Waals surface area contributed by atoms with Crippen molar-refractivity contribution < 1.29 is 27.5 Å². The highest BCUT2D eigenvalue weighted by atomic mass is 19.4. The molecule has 2 heterocycles. The summed E-state index contributed by atoms with van der Waals surface area (Å²) in [6.07, 6.45) is -0.554. The number of nitrogens with one attached hydrogen (secondary N) is 3. The van der Waals surface area contributed by atoms with Crippen LogP contribution in [-0.4, -0.2) is 38.3 Å². The van der Waals surface area contributed by atoms with Crippen LogP contribution >= 0.6 is 0 Å². The van der Waals surface area contributed by atoms with Gasteiger partial charge >= 0.3 is 6.36 Å². The summed E-state index contributed by atoms with van der Waals surface area (Å²) in [5.74, 6) is -0.954. The lowest BCUT2D eigenvalue weighted by Crippen LogP contribution is -2.18. The highest BCUT2D eigenvalue weighted by Crippen LogP contribution is 2.29. The van der Waals surface area contributed by atoms with Gasteiger partial charge in [0.25, 0.3) is 5.91 Å². The fourth-order valence-electron chi connectivity index (χ4n) is 3.33. The number of aromatic nitrogens is 4. The molecule has 4 aromatic rings. The van der Waals surface area contributed by atoms with Gasteiger partial charge in [0.05, 0.1) is 12.6 Å². The molecule has 2 aromatic heterocycles. The average Bonchev–Trinajstić information content (AvgIpc) is 3.23. The van der Waals surface area contributed by atoms with Crippen molar-refractivity contribution in [2.24, 2.45) is 5.73 Å². The number of H-pyrrole nitrogens is 1. The maximum Gasteiger partial charge on any atom is 0.573 e. The first kappa shape index (κ1) is 24.2. The summed E-state index contributed by atoms with van der Waals surface area (Å²) >= 11 is 0. The molecule has 0 aliphatic carbocycles. The fourth-order valence-corrected chi connectivity index (χ4v) is 3.33. The van der Waals surface area contributed by atoms with E-state index in [-0.39, 0.29) is 23.5 Å². The minimum atomic E-state index is -4.82. The SMILES string of the molecule is NC(=O)c1c(-c2ccc(NC(=O)Cc3cccc(OC(F)(F)F)c3)cc2)n[nH]c1Nc1cnccn1. The van der Waals surface area contributed by atoms with E-state index in [4.69, 9.17) is 5.73 Å². The molecule has 5 N–H and O–H groups in total. The van der Waals surface area contributed by atoms with Crippen LogP contribution in [0.5, 0.6) is 5.75 Å². The molecule has 0 radical (unpaired) electrons. The van der Waals surface area contributed by atoms with Crippen molar-refractivity contribution in [3.05, 3.63) is 78.2 Å². The molecule has 0 saturated carbocycles. The quantitative estimate of drug-likeness (QED) is 0.289. The Labute approximate surface area is 201 Å². The molecule has 10 nitrogen and oxygen atoms in total. The monoisotopic (exact) mass is 497 g/mol. The number of nitrogens with zero attached hydrogens (tertiary/aromatic N) is 3. The van der Waals surface area contributed by atoms with Gasteiger partial charge in [0.15, 0.2) is 0 Å². The lowest BCUT2D eigenvalue weighted by atomic mass is 10.1. The number of primary amides is 1. The van der Waals surface area contributed by atoms with Crippen molar-refractivity contribution in [2.45, 2.75) is 12.8 Å². The van der Waals surface area contributed by atoms with E-state index in [0.717, 1.165) is 12.1 Å². The predicted octanol–water partition coefficient (Wildman–Crippen LogP) is 3.79. The van der Waals surface area contributed by atoms with Crippen LogP contribution in [0.15, 0.2) is 67.1 Å². The van der Waals surface area contributed by atoms with Crippen molar-refractivity contribution >= 4 is 29.1 Å². The van der Waals surface area contributed by atoms with Gasteiger partial charge in [-0.15, -0.1) is 13.2 Å². The second kappa shape index (κ2) is 10.1. The van der Waals surface area contributed by atoms with E-state index in [1.807, 2.05) is 0 Å². The molecule has 0 aliphatic heterocycles. The molecule has 2 aromatic carbocycles. The molecule has 0 bridgehead atoms. The summed E-state index contributed by atoms with van der Waals surface area (Å²) in [7, 11) is 0. The molecule has 0 atom stereocenters. The normalized spacial score (nSPS) is 11.1. The molecule has 0 aliphatic rings. The number of alkyl halides is 3. The van der Waals surface area contributed by atoms with E-state index in [2.05, 4.69) is 35.5 Å². The Kier molecular flexibility index (Phi) is 6.81. The Hall–Kier alpha value is -4.94. The molecule has 4 rings (SSSR count). The van der Waals surface area contributed by atoms with Crippen molar-refractivity contribution in [3.8, 4) is 17.0 Å². The number of amides is 2. The van der Waals surface area contributed by atoms with Crippen LogP contribution in [0.1, 0.15) is 15.9 Å². The van der Waals surface area contributed by atoms with Gasteiger partial charge in [-0.2, -0.15) is 5.10 Å². The Morgan fingerprint density at radius 3 is 2.53 bits per heavy atom. The summed E-state index contributed by atoms with van der Waals surface area (Å²) in [6.45, 7) is 0. The number of benzene rings is 2. The van der Waals surface area contributed by atoms with E-state index in [1.165, 1.54) is 30.7 Å². The number of hydrogen-bond donors (Lipinski definition) is 4. The van der Waals surface area contributed by atoms with Gasteiger partial charge in [-0.25, -0.2) is 4.98 Å². The summed E-state index contributed by atoms with van der Waals surface area (Å²) in [5, 5.41) is 12.4. The summed E-state index contributed by atoms with van der Waals surface area (Å²) < 4.78 is 41.1. The number of carbonyl (C=O) groups is 2. The number of rotatable bonds is 8. The molecule has 0 unspecified atom stereocenters.